The van der Waals surface area contributed by atoms with E-state index in [0.717, 1.165) is 76.0 Å². The van der Waals surface area contributed by atoms with Crippen molar-refractivity contribution in [2.45, 2.75) is 63.8 Å². The van der Waals surface area contributed by atoms with Crippen LogP contribution in [0.2, 0.25) is 0 Å². The van der Waals surface area contributed by atoms with E-state index in [4.69, 9.17) is 10.7 Å². The minimum absolute atomic E-state index is 0.0736. The van der Waals surface area contributed by atoms with Crippen molar-refractivity contribution in [3.05, 3.63) is 27.9 Å². The second-order valence-electron chi connectivity index (χ2n) is 9.03. The molecule has 2 amide bonds. The molecule has 8 heteroatoms. The summed E-state index contributed by atoms with van der Waals surface area (Å²) in [4.78, 5) is 45.6. The summed E-state index contributed by atoms with van der Waals surface area (Å²) in [5.41, 5.74) is 6.42. The van der Waals surface area contributed by atoms with Gasteiger partial charge in [-0.25, -0.2) is 4.98 Å². The van der Waals surface area contributed by atoms with Crippen molar-refractivity contribution in [3.8, 4) is 0 Å². The van der Waals surface area contributed by atoms with Gasteiger partial charge in [0.25, 0.3) is 5.56 Å². The van der Waals surface area contributed by atoms with Crippen LogP contribution in [-0.4, -0.2) is 63.9 Å². The molecule has 164 valence electrons. The van der Waals surface area contributed by atoms with Gasteiger partial charge in [0.05, 0.1) is 18.2 Å². The molecule has 2 N–H and O–H groups in total. The normalized spacial score (nSPS) is 23.6. The molecule has 3 aliphatic rings. The molecular formula is C22H33N5O3. The topological polar surface area (TPSA) is 102 Å². The van der Waals surface area contributed by atoms with E-state index in [1.165, 1.54) is 0 Å². The average Bonchev–Trinajstić information content (AvgIpc) is 3.00. The first-order valence-electron chi connectivity index (χ1n) is 11.4. The van der Waals surface area contributed by atoms with Crippen molar-refractivity contribution in [3.63, 3.8) is 0 Å². The van der Waals surface area contributed by atoms with E-state index < -0.39 is 0 Å². The van der Waals surface area contributed by atoms with Crippen LogP contribution >= 0.6 is 0 Å². The van der Waals surface area contributed by atoms with Gasteiger partial charge in [-0.1, -0.05) is 6.42 Å². The molecule has 4 heterocycles. The minimum Gasteiger partial charge on any atom is -0.369 e. The van der Waals surface area contributed by atoms with Crippen molar-refractivity contribution in [2.24, 2.45) is 11.7 Å². The van der Waals surface area contributed by atoms with E-state index in [9.17, 15) is 14.4 Å². The van der Waals surface area contributed by atoms with Crippen LogP contribution in [0, 0.1) is 5.92 Å². The molecule has 0 aliphatic carbocycles. The number of piperidine rings is 2. The quantitative estimate of drug-likeness (QED) is 0.786. The third-order valence-corrected chi connectivity index (χ3v) is 6.92. The molecule has 0 saturated carbocycles. The van der Waals surface area contributed by atoms with Crippen molar-refractivity contribution < 1.29 is 9.59 Å². The molecule has 30 heavy (non-hydrogen) atoms. The maximum atomic E-state index is 12.8. The Hall–Kier alpha value is -2.22. The molecule has 2 fully saturated rings. The Morgan fingerprint density at radius 3 is 2.60 bits per heavy atom. The van der Waals surface area contributed by atoms with Gasteiger partial charge in [-0.05, 0) is 45.1 Å². The van der Waals surface area contributed by atoms with Crippen LogP contribution in [-0.2, 0) is 22.6 Å². The third kappa shape index (κ3) is 4.74. The summed E-state index contributed by atoms with van der Waals surface area (Å²) < 4.78 is 1.84. The molecule has 2 saturated heterocycles. The molecule has 0 radical (unpaired) electrons. The zero-order valence-electron chi connectivity index (χ0n) is 17.7. The van der Waals surface area contributed by atoms with Crippen molar-refractivity contribution in [1.29, 1.82) is 0 Å². The van der Waals surface area contributed by atoms with E-state index in [2.05, 4.69) is 4.90 Å². The number of carbonyl (C=O) groups is 2. The Bertz CT molecular complexity index is 844. The highest BCUT2D eigenvalue weighted by molar-refractivity contribution is 5.79. The molecule has 4 rings (SSSR count). The van der Waals surface area contributed by atoms with Gasteiger partial charge in [-0.2, -0.15) is 0 Å². The summed E-state index contributed by atoms with van der Waals surface area (Å²) in [5.74, 6) is 0.883. The molecular weight excluding hydrogens is 382 g/mol. The number of nitrogens with two attached hydrogens (primary N) is 1. The van der Waals surface area contributed by atoms with E-state index in [1.54, 1.807) is 6.07 Å². The molecule has 0 spiro atoms. The monoisotopic (exact) mass is 415 g/mol. The van der Waals surface area contributed by atoms with Gasteiger partial charge in [0, 0.05) is 44.6 Å². The van der Waals surface area contributed by atoms with Crippen LogP contribution in [0.15, 0.2) is 10.9 Å². The van der Waals surface area contributed by atoms with Gasteiger partial charge in [-0.15, -0.1) is 0 Å². The minimum atomic E-state index is -0.267. The number of amides is 2. The van der Waals surface area contributed by atoms with Crippen LogP contribution in [0.25, 0.3) is 0 Å². The Morgan fingerprint density at radius 2 is 1.83 bits per heavy atom. The number of aryl methyl sites for hydroxylation is 1. The molecule has 1 aromatic heterocycles. The number of nitrogens with zero attached hydrogens (tertiary/aromatic N) is 4. The summed E-state index contributed by atoms with van der Waals surface area (Å²) in [6.45, 7) is 3.94. The number of carbonyl (C=O) groups excluding carboxylic acids is 2. The van der Waals surface area contributed by atoms with Crippen LogP contribution in [0.5, 0.6) is 0 Å². The molecule has 8 nitrogen and oxygen atoms in total. The van der Waals surface area contributed by atoms with Gasteiger partial charge in [0.2, 0.25) is 11.8 Å². The Labute approximate surface area is 177 Å². The second-order valence-corrected chi connectivity index (χ2v) is 9.03. The average molecular weight is 416 g/mol. The SMILES string of the molecule is NC(=O)[C@H]1CCCN(CC(=O)N2CCC(c3cc(=O)n4c(n3)CCCCC4)CC2)C1. The van der Waals surface area contributed by atoms with Crippen LogP contribution in [0.4, 0.5) is 0 Å². The van der Waals surface area contributed by atoms with Gasteiger partial charge >= 0.3 is 0 Å². The number of likely N-dealkylation sites (tertiary alicyclic amines) is 2. The fourth-order valence-electron chi connectivity index (χ4n) is 5.09. The van der Waals surface area contributed by atoms with Gasteiger partial charge in [0.15, 0.2) is 0 Å². The zero-order valence-corrected chi connectivity index (χ0v) is 17.7. The predicted octanol–water partition coefficient (Wildman–Crippen LogP) is 0.873. The molecule has 0 bridgehead atoms. The number of primary amides is 1. The fourth-order valence-corrected chi connectivity index (χ4v) is 5.09. The molecule has 3 aliphatic heterocycles. The molecule has 0 aromatic carbocycles. The smallest absolute Gasteiger partial charge is 0.253 e. The number of aromatic nitrogens is 2. The van der Waals surface area contributed by atoms with Gasteiger partial charge in [0.1, 0.15) is 5.82 Å². The first-order valence-corrected chi connectivity index (χ1v) is 11.4. The lowest BCUT2D eigenvalue weighted by atomic mass is 9.93. The fraction of sp³-hybridized carbons (Fsp3) is 0.727. The lowest BCUT2D eigenvalue weighted by Crippen LogP contribution is -2.48. The maximum Gasteiger partial charge on any atom is 0.253 e. The van der Waals surface area contributed by atoms with E-state index in [1.807, 2.05) is 9.47 Å². The summed E-state index contributed by atoms with van der Waals surface area (Å²) in [6.07, 6.45) is 7.57. The van der Waals surface area contributed by atoms with E-state index >= 15 is 0 Å². The number of hydrogen-bond acceptors (Lipinski definition) is 5. The highest BCUT2D eigenvalue weighted by atomic mass is 16.2. The first kappa shape index (κ1) is 21.0. The Balaban J connectivity index is 1.33. The lowest BCUT2D eigenvalue weighted by Gasteiger charge is -2.35. The first-order chi connectivity index (χ1) is 14.5. The standard InChI is InChI=1S/C22H33N5O3/c23-22(30)17-5-4-9-25(14-17)15-21(29)26-11-7-16(8-12-26)18-13-20(28)27-10-3-1-2-6-19(27)24-18/h13,16-17H,1-12,14-15H2,(H2,23,30)/t17-/m0/s1. The highest BCUT2D eigenvalue weighted by Gasteiger charge is 2.29. The molecule has 0 unspecified atom stereocenters. The molecule has 1 aromatic rings. The summed E-state index contributed by atoms with van der Waals surface area (Å²) >= 11 is 0. The summed E-state index contributed by atoms with van der Waals surface area (Å²) in [5, 5.41) is 0. The van der Waals surface area contributed by atoms with Gasteiger partial charge in [-0.3, -0.25) is 23.9 Å². The number of hydrogen-bond donors (Lipinski definition) is 1. The highest BCUT2D eigenvalue weighted by Crippen LogP contribution is 2.27. The van der Waals surface area contributed by atoms with Crippen molar-refractivity contribution in [1.82, 2.24) is 19.4 Å². The van der Waals surface area contributed by atoms with E-state index in [0.29, 0.717) is 26.2 Å². The van der Waals surface area contributed by atoms with Crippen LogP contribution < -0.4 is 11.3 Å². The van der Waals surface area contributed by atoms with Crippen LogP contribution in [0.1, 0.15) is 62.4 Å². The van der Waals surface area contributed by atoms with E-state index in [-0.39, 0.29) is 29.2 Å². The number of fused-ring (bicyclic) bond motifs is 1. The van der Waals surface area contributed by atoms with Crippen LogP contribution in [0.3, 0.4) is 0 Å². The zero-order chi connectivity index (χ0) is 21.1. The number of rotatable bonds is 4. The largest absolute Gasteiger partial charge is 0.369 e. The second kappa shape index (κ2) is 9.29. The van der Waals surface area contributed by atoms with Crippen molar-refractivity contribution in [2.75, 3.05) is 32.7 Å². The molecule has 1 atom stereocenters. The summed E-state index contributed by atoms with van der Waals surface area (Å²) in [7, 11) is 0. The predicted molar refractivity (Wildman–Crippen MR) is 113 cm³/mol. The van der Waals surface area contributed by atoms with Gasteiger partial charge < -0.3 is 10.6 Å². The summed E-state index contributed by atoms with van der Waals surface area (Å²) in [6, 6.07) is 1.72. The maximum absolute atomic E-state index is 12.8. The third-order valence-electron chi connectivity index (χ3n) is 6.92. The Kier molecular flexibility index (Phi) is 6.51. The lowest BCUT2D eigenvalue weighted by molar-refractivity contribution is -0.135. The Morgan fingerprint density at radius 1 is 1.03 bits per heavy atom. The van der Waals surface area contributed by atoms with Crippen molar-refractivity contribution >= 4 is 11.8 Å².